The lowest BCUT2D eigenvalue weighted by Crippen LogP contribution is -2.40. The van der Waals surface area contributed by atoms with Crippen LogP contribution in [0.4, 0.5) is 10.1 Å². The fraction of sp³-hybridized carbons (Fsp3) is 0.562. The number of halogens is 1. The number of anilines is 1. The number of nitrogens with two attached hydrogens (primary N) is 1. The molecule has 1 aromatic carbocycles. The van der Waals surface area contributed by atoms with Crippen LogP contribution in [0.1, 0.15) is 55.8 Å². The van der Waals surface area contributed by atoms with Crippen molar-refractivity contribution in [2.45, 2.75) is 51.5 Å². The molecule has 1 aliphatic rings. The van der Waals surface area contributed by atoms with E-state index in [1.807, 2.05) is 0 Å². The van der Waals surface area contributed by atoms with E-state index in [9.17, 15) is 9.18 Å². The Labute approximate surface area is 119 Å². The summed E-state index contributed by atoms with van der Waals surface area (Å²) in [5.74, 6) is -0.0577. The van der Waals surface area contributed by atoms with Crippen LogP contribution in [0.5, 0.6) is 0 Å². The van der Waals surface area contributed by atoms with E-state index >= 15 is 0 Å². The van der Waals surface area contributed by atoms with E-state index in [1.165, 1.54) is 50.3 Å². The minimum atomic E-state index is -0.418. The molecule has 0 spiro atoms. The summed E-state index contributed by atoms with van der Waals surface area (Å²) in [5.41, 5.74) is 6.27. The zero-order valence-corrected chi connectivity index (χ0v) is 12.0. The minimum absolute atomic E-state index is 0.187. The zero-order valence-electron chi connectivity index (χ0n) is 12.0. The summed E-state index contributed by atoms with van der Waals surface area (Å²) in [7, 11) is 0. The van der Waals surface area contributed by atoms with Crippen LogP contribution < -0.4 is 11.1 Å². The van der Waals surface area contributed by atoms with Gasteiger partial charge in [-0.2, -0.15) is 0 Å². The van der Waals surface area contributed by atoms with E-state index in [0.29, 0.717) is 11.5 Å². The predicted octanol–water partition coefficient (Wildman–Crippen LogP) is 3.50. The molecule has 1 aromatic rings. The smallest absolute Gasteiger partial charge is 0.253 e. The highest BCUT2D eigenvalue weighted by Crippen LogP contribution is 2.28. The number of benzene rings is 1. The first-order valence-electron chi connectivity index (χ1n) is 7.47. The highest BCUT2D eigenvalue weighted by atomic mass is 19.1. The van der Waals surface area contributed by atoms with Gasteiger partial charge in [0.25, 0.3) is 5.91 Å². The first kappa shape index (κ1) is 14.8. The number of hydrogen-bond donors (Lipinski definition) is 2. The van der Waals surface area contributed by atoms with Crippen molar-refractivity contribution < 1.29 is 9.18 Å². The van der Waals surface area contributed by atoms with Crippen molar-refractivity contribution in [2.75, 3.05) is 5.73 Å². The largest absolute Gasteiger partial charge is 0.398 e. The maximum atomic E-state index is 13.0. The van der Waals surface area contributed by atoms with E-state index < -0.39 is 5.82 Å². The zero-order chi connectivity index (χ0) is 14.5. The van der Waals surface area contributed by atoms with Crippen molar-refractivity contribution in [1.29, 1.82) is 0 Å². The van der Waals surface area contributed by atoms with Crippen LogP contribution in [0.25, 0.3) is 0 Å². The molecule has 20 heavy (non-hydrogen) atoms. The van der Waals surface area contributed by atoms with Gasteiger partial charge >= 0.3 is 0 Å². The lowest BCUT2D eigenvalue weighted by atomic mass is 9.83. The van der Waals surface area contributed by atoms with Crippen molar-refractivity contribution in [3.8, 4) is 0 Å². The second kappa shape index (κ2) is 6.73. The highest BCUT2D eigenvalue weighted by molar-refractivity contribution is 5.99. The Balaban J connectivity index is 2.04. The molecule has 0 radical (unpaired) electrons. The van der Waals surface area contributed by atoms with Crippen LogP contribution in [0.15, 0.2) is 18.2 Å². The van der Waals surface area contributed by atoms with Crippen molar-refractivity contribution >= 4 is 11.6 Å². The summed E-state index contributed by atoms with van der Waals surface area (Å²) in [4.78, 5) is 12.3. The minimum Gasteiger partial charge on any atom is -0.398 e. The molecule has 1 amide bonds. The SMILES string of the molecule is CCC(NC(=O)c1ccc(F)cc1N)C1CCCCC1. The molecule has 0 aromatic heterocycles. The third kappa shape index (κ3) is 3.50. The predicted molar refractivity (Wildman–Crippen MR) is 78.9 cm³/mol. The Morgan fingerprint density at radius 1 is 1.40 bits per heavy atom. The number of amides is 1. The molecule has 3 nitrogen and oxygen atoms in total. The molecule has 1 atom stereocenters. The number of nitrogens with one attached hydrogen (secondary N) is 1. The molecular formula is C16H23FN2O. The highest BCUT2D eigenvalue weighted by Gasteiger charge is 2.24. The van der Waals surface area contributed by atoms with Crippen LogP contribution in [0.3, 0.4) is 0 Å². The van der Waals surface area contributed by atoms with E-state index in [2.05, 4.69) is 12.2 Å². The van der Waals surface area contributed by atoms with Gasteiger partial charge in [-0.1, -0.05) is 26.2 Å². The fourth-order valence-electron chi connectivity index (χ4n) is 3.08. The lowest BCUT2D eigenvalue weighted by molar-refractivity contribution is 0.0912. The third-order valence-electron chi connectivity index (χ3n) is 4.23. The average Bonchev–Trinajstić information content (AvgIpc) is 2.45. The molecule has 0 heterocycles. The van der Waals surface area contributed by atoms with Crippen LogP contribution in [-0.2, 0) is 0 Å². The number of carbonyl (C=O) groups excluding carboxylic acids is 1. The van der Waals surface area contributed by atoms with Crippen LogP contribution in [0, 0.1) is 11.7 Å². The van der Waals surface area contributed by atoms with Crippen LogP contribution in [0.2, 0.25) is 0 Å². The van der Waals surface area contributed by atoms with Gasteiger partial charge in [0.05, 0.1) is 5.56 Å². The van der Waals surface area contributed by atoms with Crippen molar-refractivity contribution in [2.24, 2.45) is 5.92 Å². The molecule has 1 fully saturated rings. The molecule has 1 saturated carbocycles. The Morgan fingerprint density at radius 3 is 2.70 bits per heavy atom. The molecule has 0 saturated heterocycles. The summed E-state index contributed by atoms with van der Waals surface area (Å²) in [6.45, 7) is 2.09. The van der Waals surface area contributed by atoms with Gasteiger partial charge in [-0.05, 0) is 43.4 Å². The Hall–Kier alpha value is -1.58. The number of carbonyl (C=O) groups is 1. The topological polar surface area (TPSA) is 55.1 Å². The first-order chi connectivity index (χ1) is 9.61. The standard InChI is InChI=1S/C16H23FN2O/c1-2-15(11-6-4-3-5-7-11)19-16(20)13-9-8-12(17)10-14(13)18/h8-11,15H,2-7,18H2,1H3,(H,19,20). The molecule has 1 aliphatic carbocycles. The third-order valence-corrected chi connectivity index (χ3v) is 4.23. The maximum absolute atomic E-state index is 13.0. The van der Waals surface area contributed by atoms with Gasteiger partial charge in [-0.25, -0.2) is 4.39 Å². The van der Waals surface area contributed by atoms with Crippen molar-refractivity contribution in [1.82, 2.24) is 5.32 Å². The number of nitrogen functional groups attached to an aromatic ring is 1. The van der Waals surface area contributed by atoms with Gasteiger partial charge in [0.1, 0.15) is 5.82 Å². The number of rotatable bonds is 4. The van der Waals surface area contributed by atoms with E-state index in [4.69, 9.17) is 5.73 Å². The van der Waals surface area contributed by atoms with Gasteiger partial charge in [-0.15, -0.1) is 0 Å². The molecule has 110 valence electrons. The molecular weight excluding hydrogens is 255 g/mol. The van der Waals surface area contributed by atoms with Gasteiger partial charge in [0.15, 0.2) is 0 Å². The van der Waals surface area contributed by atoms with Crippen molar-refractivity contribution in [3.63, 3.8) is 0 Å². The lowest BCUT2D eigenvalue weighted by Gasteiger charge is -2.30. The molecule has 2 rings (SSSR count). The summed E-state index contributed by atoms with van der Waals surface area (Å²) in [6.07, 6.45) is 7.06. The average molecular weight is 278 g/mol. The molecule has 1 unspecified atom stereocenters. The number of hydrogen-bond acceptors (Lipinski definition) is 2. The van der Waals surface area contributed by atoms with Gasteiger partial charge in [-0.3, -0.25) is 4.79 Å². The Morgan fingerprint density at radius 2 is 2.10 bits per heavy atom. The Kier molecular flexibility index (Phi) is 4.99. The summed E-state index contributed by atoms with van der Waals surface area (Å²) < 4.78 is 13.0. The summed E-state index contributed by atoms with van der Waals surface area (Å²) in [6, 6.07) is 4.10. The van der Waals surface area contributed by atoms with Crippen LogP contribution >= 0.6 is 0 Å². The monoisotopic (exact) mass is 278 g/mol. The second-order valence-corrected chi connectivity index (χ2v) is 5.62. The van der Waals surface area contributed by atoms with E-state index in [0.717, 1.165) is 6.42 Å². The van der Waals surface area contributed by atoms with Gasteiger partial charge in [0.2, 0.25) is 0 Å². The van der Waals surface area contributed by atoms with E-state index in [1.54, 1.807) is 0 Å². The van der Waals surface area contributed by atoms with Crippen LogP contribution in [-0.4, -0.2) is 11.9 Å². The van der Waals surface area contributed by atoms with Gasteiger partial charge in [0, 0.05) is 11.7 Å². The first-order valence-corrected chi connectivity index (χ1v) is 7.47. The fourth-order valence-corrected chi connectivity index (χ4v) is 3.08. The van der Waals surface area contributed by atoms with Crippen molar-refractivity contribution in [3.05, 3.63) is 29.6 Å². The summed E-state index contributed by atoms with van der Waals surface area (Å²) in [5, 5.41) is 3.07. The molecule has 0 bridgehead atoms. The summed E-state index contributed by atoms with van der Waals surface area (Å²) >= 11 is 0. The molecule has 3 N–H and O–H groups in total. The Bertz CT molecular complexity index is 470. The normalized spacial score (nSPS) is 17.7. The molecule has 0 aliphatic heterocycles. The maximum Gasteiger partial charge on any atom is 0.253 e. The van der Waals surface area contributed by atoms with E-state index in [-0.39, 0.29) is 17.6 Å². The quantitative estimate of drug-likeness (QED) is 0.828. The molecule has 4 heteroatoms. The van der Waals surface area contributed by atoms with Gasteiger partial charge < -0.3 is 11.1 Å². The second-order valence-electron chi connectivity index (χ2n) is 5.62.